The molecule has 1 atom stereocenters. The van der Waals surface area contributed by atoms with E-state index in [1.54, 1.807) is 13.0 Å². The summed E-state index contributed by atoms with van der Waals surface area (Å²) < 4.78 is 40.7. The first-order valence-electron chi connectivity index (χ1n) is 11.6. The number of carbonyl (C=O) groups excluding carboxylic acids is 3. The lowest BCUT2D eigenvalue weighted by atomic mass is 10.1. The van der Waals surface area contributed by atoms with Crippen LogP contribution >= 0.6 is 11.3 Å². The maximum absolute atomic E-state index is 13.5. The lowest BCUT2D eigenvalue weighted by Crippen LogP contribution is -2.41. The average molecular weight is 553 g/mol. The molecule has 0 bridgehead atoms. The summed E-state index contributed by atoms with van der Waals surface area (Å²) in [7, 11) is -2.22. The molecule has 2 aromatic heterocycles. The molecule has 2 aliphatic rings. The Hall–Kier alpha value is -3.07. The highest BCUT2D eigenvalue weighted by Gasteiger charge is 2.45. The summed E-state index contributed by atoms with van der Waals surface area (Å²) >= 11 is 1.07. The Morgan fingerprint density at radius 2 is 1.97 bits per heavy atom. The minimum atomic E-state index is -3.65. The monoisotopic (exact) mass is 552 g/mol. The number of amides is 3. The second-order valence-electron chi connectivity index (χ2n) is 8.56. The number of pyridine rings is 1. The lowest BCUT2D eigenvalue weighted by molar-refractivity contribution is -0.118. The van der Waals surface area contributed by atoms with E-state index in [2.05, 4.69) is 10.3 Å². The third-order valence-corrected chi connectivity index (χ3v) is 7.68. The molecule has 0 radical (unpaired) electrons. The van der Waals surface area contributed by atoms with Crippen molar-refractivity contribution in [3.63, 3.8) is 0 Å². The number of aromatic nitrogens is 1. The molecule has 2 aliphatic heterocycles. The Kier molecular flexibility index (Phi) is 8.11. The van der Waals surface area contributed by atoms with Gasteiger partial charge in [-0.25, -0.2) is 13.4 Å². The van der Waals surface area contributed by atoms with Gasteiger partial charge in [-0.3, -0.25) is 24.2 Å². The Morgan fingerprint density at radius 1 is 1.24 bits per heavy atom. The third-order valence-electron chi connectivity index (χ3n) is 5.86. The first-order valence-corrected chi connectivity index (χ1v) is 14.5. The molecule has 14 heteroatoms. The Morgan fingerprint density at radius 3 is 2.62 bits per heavy atom. The number of hydrogen-bond acceptors (Lipinski definition) is 11. The molecule has 2 aromatic rings. The van der Waals surface area contributed by atoms with Gasteiger partial charge in [-0.1, -0.05) is 0 Å². The molecule has 1 N–H and O–H groups in total. The van der Waals surface area contributed by atoms with Gasteiger partial charge in [0.1, 0.15) is 14.8 Å². The molecule has 1 fully saturated rings. The minimum absolute atomic E-state index is 0.0439. The molecule has 4 rings (SSSR count). The normalized spacial score (nSPS) is 17.0. The molecule has 0 aliphatic carbocycles. The van der Waals surface area contributed by atoms with Crippen LogP contribution in [0.1, 0.15) is 39.4 Å². The van der Waals surface area contributed by atoms with Crippen molar-refractivity contribution >= 4 is 43.9 Å². The van der Waals surface area contributed by atoms with Crippen LogP contribution in [0.25, 0.3) is 0 Å². The number of hydrogen-bond donors (Lipinski definition) is 1. The molecule has 0 aromatic carbocycles. The zero-order valence-electron chi connectivity index (χ0n) is 20.7. The molecule has 3 amide bonds. The molecule has 4 heterocycles. The van der Waals surface area contributed by atoms with Crippen molar-refractivity contribution < 1.29 is 37.0 Å². The second-order valence-corrected chi connectivity index (χ2v) is 11.6. The smallest absolute Gasteiger partial charge is 0.265 e. The van der Waals surface area contributed by atoms with E-state index >= 15 is 0 Å². The topological polar surface area (TPSA) is 144 Å². The van der Waals surface area contributed by atoms with E-state index in [0.717, 1.165) is 22.5 Å². The standard InChI is InChI=1S/C23H28N4O8S2/c1-4-35-20-17(33-2)6-5-15(24-20)16(13-37(3,31)32)27-22(29)14-12-36-21(19(14)23(27)30)25-18(28)11-26-7-9-34-10-8-26/h5-6,12,16H,4,7-11,13H2,1-3H3,(H,25,28)/t16-/m1/s1. The number of carbonyl (C=O) groups is 3. The van der Waals surface area contributed by atoms with E-state index in [1.807, 2.05) is 4.90 Å². The summed E-state index contributed by atoms with van der Waals surface area (Å²) in [6.45, 7) is 4.46. The van der Waals surface area contributed by atoms with E-state index in [-0.39, 0.29) is 46.8 Å². The van der Waals surface area contributed by atoms with Crippen molar-refractivity contribution in [2.45, 2.75) is 13.0 Å². The minimum Gasteiger partial charge on any atom is -0.491 e. The molecule has 0 spiro atoms. The van der Waals surface area contributed by atoms with Crippen LogP contribution in [-0.4, -0.2) is 99.5 Å². The fourth-order valence-corrected chi connectivity index (χ4v) is 6.01. The van der Waals surface area contributed by atoms with Gasteiger partial charge in [0.15, 0.2) is 5.75 Å². The highest BCUT2D eigenvalue weighted by atomic mass is 32.2. The van der Waals surface area contributed by atoms with Crippen molar-refractivity contribution in [3.8, 4) is 11.6 Å². The second kappa shape index (κ2) is 11.1. The molecular weight excluding hydrogens is 524 g/mol. The van der Waals surface area contributed by atoms with Crippen LogP contribution in [0.4, 0.5) is 5.00 Å². The van der Waals surface area contributed by atoms with E-state index in [0.29, 0.717) is 32.1 Å². The van der Waals surface area contributed by atoms with Crippen LogP contribution in [0.5, 0.6) is 11.6 Å². The number of rotatable bonds is 10. The molecular formula is C23H28N4O8S2. The fourth-order valence-electron chi connectivity index (χ4n) is 4.18. The van der Waals surface area contributed by atoms with Gasteiger partial charge in [-0.15, -0.1) is 11.3 Å². The Balaban J connectivity index is 1.63. The maximum Gasteiger partial charge on any atom is 0.265 e. The highest BCUT2D eigenvalue weighted by molar-refractivity contribution is 7.90. The molecule has 0 unspecified atom stereocenters. The number of nitrogens with zero attached hydrogens (tertiary/aromatic N) is 3. The molecule has 200 valence electrons. The van der Waals surface area contributed by atoms with E-state index in [9.17, 15) is 22.8 Å². The number of fused-ring (bicyclic) bond motifs is 1. The highest BCUT2D eigenvalue weighted by Crippen LogP contribution is 2.40. The summed E-state index contributed by atoms with van der Waals surface area (Å²) in [5, 5.41) is 4.47. The fraction of sp³-hybridized carbons (Fsp3) is 0.478. The SMILES string of the molecule is CCOc1nc([C@@H](CS(C)(=O)=O)N2C(=O)c3csc(NC(=O)CN4CCOCC4)c3C2=O)ccc1OC. The Bertz CT molecular complexity index is 1300. The van der Waals surface area contributed by atoms with Crippen LogP contribution in [0.2, 0.25) is 0 Å². The predicted octanol–water partition coefficient (Wildman–Crippen LogP) is 1.20. The number of thiophene rings is 1. The summed E-state index contributed by atoms with van der Waals surface area (Å²) in [5.41, 5.74) is 0.305. The van der Waals surface area contributed by atoms with Crippen LogP contribution in [-0.2, 0) is 19.4 Å². The van der Waals surface area contributed by atoms with Gasteiger partial charge in [0, 0.05) is 24.7 Å². The van der Waals surface area contributed by atoms with Gasteiger partial charge in [0.25, 0.3) is 17.7 Å². The van der Waals surface area contributed by atoms with E-state index in [1.165, 1.54) is 18.6 Å². The summed E-state index contributed by atoms with van der Waals surface area (Å²) in [6, 6.07) is 1.82. The maximum atomic E-state index is 13.5. The molecule has 12 nitrogen and oxygen atoms in total. The van der Waals surface area contributed by atoms with Gasteiger partial charge in [0.05, 0.1) is 62.1 Å². The van der Waals surface area contributed by atoms with Crippen LogP contribution in [0, 0.1) is 0 Å². The third kappa shape index (κ3) is 5.92. The van der Waals surface area contributed by atoms with Gasteiger partial charge in [-0.05, 0) is 19.1 Å². The van der Waals surface area contributed by atoms with Gasteiger partial charge >= 0.3 is 0 Å². The number of methoxy groups -OCH3 is 1. The summed E-state index contributed by atoms with van der Waals surface area (Å²) in [5.74, 6) is -1.78. The zero-order chi connectivity index (χ0) is 26.7. The first-order chi connectivity index (χ1) is 17.6. The number of anilines is 1. The van der Waals surface area contributed by atoms with Gasteiger partial charge in [0.2, 0.25) is 5.91 Å². The van der Waals surface area contributed by atoms with E-state index in [4.69, 9.17) is 14.2 Å². The van der Waals surface area contributed by atoms with Gasteiger partial charge < -0.3 is 19.5 Å². The number of sulfone groups is 1. The Labute approximate surface area is 218 Å². The number of imide groups is 1. The van der Waals surface area contributed by atoms with Crippen molar-refractivity contribution in [1.82, 2.24) is 14.8 Å². The summed E-state index contributed by atoms with van der Waals surface area (Å²) in [6.07, 6.45) is 1.02. The van der Waals surface area contributed by atoms with Crippen molar-refractivity contribution in [2.24, 2.45) is 0 Å². The average Bonchev–Trinajstić information content (AvgIpc) is 3.37. The first kappa shape index (κ1) is 27.0. The lowest BCUT2D eigenvalue weighted by Gasteiger charge is -2.26. The molecule has 0 saturated carbocycles. The zero-order valence-corrected chi connectivity index (χ0v) is 22.3. The predicted molar refractivity (Wildman–Crippen MR) is 135 cm³/mol. The van der Waals surface area contributed by atoms with Crippen molar-refractivity contribution in [1.29, 1.82) is 0 Å². The molecule has 1 saturated heterocycles. The van der Waals surface area contributed by atoms with Crippen LogP contribution < -0.4 is 14.8 Å². The van der Waals surface area contributed by atoms with E-state index < -0.39 is 33.4 Å². The number of morpholine rings is 1. The van der Waals surface area contributed by atoms with Crippen LogP contribution in [0.3, 0.4) is 0 Å². The molecule has 37 heavy (non-hydrogen) atoms. The van der Waals surface area contributed by atoms with Gasteiger partial charge in [-0.2, -0.15) is 0 Å². The largest absolute Gasteiger partial charge is 0.491 e. The number of ether oxygens (including phenoxy) is 3. The van der Waals surface area contributed by atoms with Crippen molar-refractivity contribution in [2.75, 3.05) is 63.9 Å². The summed E-state index contributed by atoms with van der Waals surface area (Å²) in [4.78, 5) is 46.7. The van der Waals surface area contributed by atoms with Crippen LogP contribution in [0.15, 0.2) is 17.5 Å². The number of nitrogens with one attached hydrogen (secondary N) is 1. The van der Waals surface area contributed by atoms with Crippen molar-refractivity contribution in [3.05, 3.63) is 34.3 Å². The quantitative estimate of drug-likeness (QED) is 0.427.